The molecule has 0 fully saturated rings. The molecule has 0 spiro atoms. The molecule has 1 aliphatic rings. The molecule has 1 aromatic heterocycles. The second-order valence-corrected chi connectivity index (χ2v) is 2.99. The molecule has 0 unspecified atom stereocenters. The Balaban J connectivity index is 2.21. The second-order valence-electron chi connectivity index (χ2n) is 2.99. The van der Waals surface area contributed by atoms with Crippen LogP contribution in [0.5, 0.6) is 5.88 Å². The first-order valence-corrected chi connectivity index (χ1v) is 4.19. The van der Waals surface area contributed by atoms with Crippen LogP contribution >= 0.6 is 0 Å². The van der Waals surface area contributed by atoms with E-state index in [-0.39, 0.29) is 5.88 Å². The van der Waals surface area contributed by atoms with Gasteiger partial charge in [0.1, 0.15) is 0 Å². The summed E-state index contributed by atoms with van der Waals surface area (Å²) in [6.07, 6.45) is 2.92. The first-order chi connectivity index (χ1) is 6.25. The van der Waals surface area contributed by atoms with Crippen LogP contribution in [0.2, 0.25) is 0 Å². The molecule has 0 bridgehead atoms. The van der Waals surface area contributed by atoms with E-state index in [1.54, 1.807) is 0 Å². The quantitative estimate of drug-likeness (QED) is 0.704. The molecule has 0 saturated carbocycles. The Morgan fingerprint density at radius 2 is 2.15 bits per heavy atom. The molecule has 70 valence electrons. The summed E-state index contributed by atoms with van der Waals surface area (Å²) in [7, 11) is 0. The molecule has 0 saturated heterocycles. The SMILES string of the molecule is FC(F)Oc1ccc2c(n1)CCC2. The standard InChI is InChI=1S/C9H9F2NO/c10-9(11)13-8-5-4-6-2-1-3-7(6)12-8/h4-5,9H,1-3H2. The molecule has 2 nitrogen and oxygen atoms in total. The van der Waals surface area contributed by atoms with Gasteiger partial charge in [-0.1, -0.05) is 6.07 Å². The first kappa shape index (κ1) is 8.41. The smallest absolute Gasteiger partial charge is 0.388 e. The third-order valence-electron chi connectivity index (χ3n) is 2.11. The van der Waals surface area contributed by atoms with Crippen molar-refractivity contribution in [3.8, 4) is 5.88 Å². The van der Waals surface area contributed by atoms with Gasteiger partial charge in [-0.25, -0.2) is 4.98 Å². The molecular formula is C9H9F2NO. The number of aryl methyl sites for hydroxylation is 2. The van der Waals surface area contributed by atoms with E-state index < -0.39 is 6.61 Å². The van der Waals surface area contributed by atoms with Crippen molar-refractivity contribution in [1.29, 1.82) is 0 Å². The molecule has 0 aliphatic heterocycles. The highest BCUT2D eigenvalue weighted by molar-refractivity contribution is 5.29. The van der Waals surface area contributed by atoms with Gasteiger partial charge in [-0.3, -0.25) is 0 Å². The van der Waals surface area contributed by atoms with E-state index in [2.05, 4.69) is 9.72 Å². The summed E-state index contributed by atoms with van der Waals surface area (Å²) in [6.45, 7) is -2.79. The van der Waals surface area contributed by atoms with Crippen molar-refractivity contribution in [2.24, 2.45) is 0 Å². The molecule has 2 rings (SSSR count). The molecule has 0 radical (unpaired) electrons. The largest absolute Gasteiger partial charge is 0.417 e. The minimum absolute atomic E-state index is 0.0238. The van der Waals surface area contributed by atoms with Crippen LogP contribution in [-0.2, 0) is 12.8 Å². The van der Waals surface area contributed by atoms with Crippen molar-refractivity contribution in [2.75, 3.05) is 0 Å². The molecule has 1 aliphatic carbocycles. The molecule has 0 amide bonds. The maximum atomic E-state index is 11.8. The molecule has 13 heavy (non-hydrogen) atoms. The van der Waals surface area contributed by atoms with Gasteiger partial charge in [0.25, 0.3) is 0 Å². The van der Waals surface area contributed by atoms with Crippen molar-refractivity contribution < 1.29 is 13.5 Å². The number of pyridine rings is 1. The number of alkyl halides is 2. The lowest BCUT2D eigenvalue weighted by atomic mass is 10.2. The van der Waals surface area contributed by atoms with Crippen molar-refractivity contribution >= 4 is 0 Å². The molecule has 0 N–H and O–H groups in total. The van der Waals surface area contributed by atoms with Gasteiger partial charge in [-0.2, -0.15) is 8.78 Å². The fourth-order valence-corrected chi connectivity index (χ4v) is 1.56. The van der Waals surface area contributed by atoms with E-state index in [4.69, 9.17) is 0 Å². The Hall–Kier alpha value is -1.19. The van der Waals surface area contributed by atoms with Crippen molar-refractivity contribution in [3.63, 3.8) is 0 Å². The fourth-order valence-electron chi connectivity index (χ4n) is 1.56. The predicted molar refractivity (Wildman–Crippen MR) is 42.9 cm³/mol. The number of halogens is 2. The van der Waals surface area contributed by atoms with Crippen LogP contribution in [-0.4, -0.2) is 11.6 Å². The van der Waals surface area contributed by atoms with Gasteiger partial charge in [-0.05, 0) is 24.8 Å². The van der Waals surface area contributed by atoms with Gasteiger partial charge >= 0.3 is 6.61 Å². The summed E-state index contributed by atoms with van der Waals surface area (Å²) in [5, 5.41) is 0. The van der Waals surface area contributed by atoms with Crippen molar-refractivity contribution in [2.45, 2.75) is 25.9 Å². The van der Waals surface area contributed by atoms with Crippen molar-refractivity contribution in [3.05, 3.63) is 23.4 Å². The highest BCUT2D eigenvalue weighted by Crippen LogP contribution is 2.22. The zero-order chi connectivity index (χ0) is 9.26. The first-order valence-electron chi connectivity index (χ1n) is 4.19. The van der Waals surface area contributed by atoms with Crippen LogP contribution < -0.4 is 4.74 Å². The second kappa shape index (κ2) is 3.28. The van der Waals surface area contributed by atoms with E-state index in [9.17, 15) is 8.78 Å². The van der Waals surface area contributed by atoms with Gasteiger partial charge in [0, 0.05) is 11.8 Å². The van der Waals surface area contributed by atoms with Crippen LogP contribution in [0.4, 0.5) is 8.78 Å². The van der Waals surface area contributed by atoms with Crippen LogP contribution in [0.25, 0.3) is 0 Å². The summed E-state index contributed by atoms with van der Waals surface area (Å²) in [5.74, 6) is 0.0238. The van der Waals surface area contributed by atoms with Gasteiger partial charge < -0.3 is 4.74 Å². The number of aromatic nitrogens is 1. The van der Waals surface area contributed by atoms with Gasteiger partial charge in [-0.15, -0.1) is 0 Å². The summed E-state index contributed by atoms with van der Waals surface area (Å²) < 4.78 is 27.8. The highest BCUT2D eigenvalue weighted by atomic mass is 19.3. The van der Waals surface area contributed by atoms with Gasteiger partial charge in [0.15, 0.2) is 0 Å². The molecule has 1 aromatic rings. The highest BCUT2D eigenvalue weighted by Gasteiger charge is 2.14. The Bertz CT molecular complexity index is 314. The van der Waals surface area contributed by atoms with E-state index in [1.165, 1.54) is 6.07 Å². The van der Waals surface area contributed by atoms with Crippen LogP contribution in [0, 0.1) is 0 Å². The molecule has 0 aromatic carbocycles. The monoisotopic (exact) mass is 185 g/mol. The van der Waals surface area contributed by atoms with Gasteiger partial charge in [0.05, 0.1) is 0 Å². The van der Waals surface area contributed by atoms with Crippen LogP contribution in [0.3, 0.4) is 0 Å². The normalized spacial score (nSPS) is 14.7. The topological polar surface area (TPSA) is 22.1 Å². The summed E-state index contributed by atoms with van der Waals surface area (Å²) >= 11 is 0. The number of nitrogens with zero attached hydrogens (tertiary/aromatic N) is 1. The lowest BCUT2D eigenvalue weighted by molar-refractivity contribution is -0.0529. The summed E-state index contributed by atoms with van der Waals surface area (Å²) in [4.78, 5) is 3.99. The average Bonchev–Trinajstić information content (AvgIpc) is 2.49. The molecule has 0 atom stereocenters. The van der Waals surface area contributed by atoms with E-state index in [0.29, 0.717) is 0 Å². The Kier molecular flexibility index (Phi) is 2.12. The van der Waals surface area contributed by atoms with Crippen LogP contribution in [0.15, 0.2) is 12.1 Å². The Morgan fingerprint density at radius 3 is 2.92 bits per heavy atom. The van der Waals surface area contributed by atoms with E-state index in [1.807, 2.05) is 6.07 Å². The van der Waals surface area contributed by atoms with Crippen LogP contribution in [0.1, 0.15) is 17.7 Å². The maximum Gasteiger partial charge on any atom is 0.388 e. The number of hydrogen-bond acceptors (Lipinski definition) is 2. The van der Waals surface area contributed by atoms with E-state index in [0.717, 1.165) is 30.5 Å². The number of fused-ring (bicyclic) bond motifs is 1. The fraction of sp³-hybridized carbons (Fsp3) is 0.444. The number of hydrogen-bond donors (Lipinski definition) is 0. The van der Waals surface area contributed by atoms with Crippen molar-refractivity contribution in [1.82, 2.24) is 4.98 Å². The van der Waals surface area contributed by atoms with Gasteiger partial charge in [0.2, 0.25) is 5.88 Å². The minimum Gasteiger partial charge on any atom is -0.417 e. The molecule has 4 heteroatoms. The van der Waals surface area contributed by atoms with E-state index >= 15 is 0 Å². The summed E-state index contributed by atoms with van der Waals surface area (Å²) in [6, 6.07) is 3.31. The average molecular weight is 185 g/mol. The minimum atomic E-state index is -2.79. The number of ether oxygens (including phenoxy) is 1. The zero-order valence-corrected chi connectivity index (χ0v) is 6.96. The maximum absolute atomic E-state index is 11.8. The lowest BCUT2D eigenvalue weighted by Gasteiger charge is -2.04. The zero-order valence-electron chi connectivity index (χ0n) is 6.96. The summed E-state index contributed by atoms with van der Waals surface area (Å²) in [5.41, 5.74) is 2.06. The Morgan fingerprint density at radius 1 is 1.31 bits per heavy atom. The Labute approximate surface area is 74.5 Å². The third-order valence-corrected chi connectivity index (χ3v) is 2.11. The third kappa shape index (κ3) is 1.76. The lowest BCUT2D eigenvalue weighted by Crippen LogP contribution is -2.04. The molecule has 1 heterocycles. The number of rotatable bonds is 2. The molecular weight excluding hydrogens is 176 g/mol. The predicted octanol–water partition coefficient (Wildman–Crippen LogP) is 2.17.